The summed E-state index contributed by atoms with van der Waals surface area (Å²) in [6.45, 7) is 0. The average Bonchev–Trinajstić information content (AvgIpc) is 3.05. The first kappa shape index (κ1) is 19.7. The van der Waals surface area contributed by atoms with E-state index in [1.54, 1.807) is 6.20 Å². The summed E-state index contributed by atoms with van der Waals surface area (Å²) in [5.74, 6) is -3.65. The summed E-state index contributed by atoms with van der Waals surface area (Å²) in [5.41, 5.74) is 1.39. The Bertz CT molecular complexity index is 944. The second-order valence-electron chi connectivity index (χ2n) is 5.57. The molecule has 0 aliphatic heterocycles. The normalized spacial score (nSPS) is 11.3. The second kappa shape index (κ2) is 8.63. The Morgan fingerprint density at radius 1 is 0.852 bits per heavy atom. The first-order valence-corrected chi connectivity index (χ1v) is 7.82. The van der Waals surface area contributed by atoms with E-state index in [4.69, 9.17) is 15.3 Å². The van der Waals surface area contributed by atoms with Crippen molar-refractivity contribution < 1.29 is 34.8 Å². The van der Waals surface area contributed by atoms with Crippen LogP contribution in [0.5, 0.6) is 0 Å². The van der Waals surface area contributed by atoms with Crippen molar-refractivity contribution in [3.63, 3.8) is 0 Å². The third kappa shape index (κ3) is 4.93. The van der Waals surface area contributed by atoms with E-state index >= 15 is 0 Å². The van der Waals surface area contributed by atoms with Crippen LogP contribution >= 0.6 is 0 Å². The number of benzene rings is 2. The zero-order valence-corrected chi connectivity index (χ0v) is 14.0. The van der Waals surface area contributed by atoms with Gasteiger partial charge in [0.05, 0.1) is 11.1 Å². The lowest BCUT2D eigenvalue weighted by Crippen LogP contribution is -2.21. The van der Waals surface area contributed by atoms with Gasteiger partial charge in [-0.1, -0.05) is 30.3 Å². The number of carboxylic acid groups (broad SMARTS) is 3. The Kier molecular flexibility index (Phi) is 6.29. The SMILES string of the molecule is O=C(O)C(O)Cc1c[nH]c2ccccc12.O=C(O)c1ccccc1C(=O)O. The maximum Gasteiger partial charge on any atom is 0.336 e. The summed E-state index contributed by atoms with van der Waals surface area (Å²) < 4.78 is 0. The van der Waals surface area contributed by atoms with Crippen LogP contribution in [0.2, 0.25) is 0 Å². The summed E-state index contributed by atoms with van der Waals surface area (Å²) in [6.07, 6.45) is 0.514. The maximum absolute atomic E-state index is 10.5. The van der Waals surface area contributed by atoms with Crippen molar-refractivity contribution in [2.24, 2.45) is 0 Å². The third-order valence-electron chi connectivity index (χ3n) is 3.76. The lowest BCUT2D eigenvalue weighted by Gasteiger charge is -2.03. The fraction of sp³-hybridized carbons (Fsp3) is 0.105. The molecule has 0 aliphatic carbocycles. The summed E-state index contributed by atoms with van der Waals surface area (Å²) in [5, 5.41) is 35.9. The molecule has 0 saturated heterocycles. The van der Waals surface area contributed by atoms with E-state index in [1.165, 1.54) is 24.3 Å². The number of fused-ring (bicyclic) bond motifs is 1. The summed E-state index contributed by atoms with van der Waals surface area (Å²) >= 11 is 0. The Morgan fingerprint density at radius 2 is 1.37 bits per heavy atom. The van der Waals surface area contributed by atoms with Crippen molar-refractivity contribution in [1.29, 1.82) is 0 Å². The van der Waals surface area contributed by atoms with Crippen molar-refractivity contribution in [2.75, 3.05) is 0 Å². The highest BCUT2D eigenvalue weighted by molar-refractivity contribution is 6.01. The Morgan fingerprint density at radius 3 is 1.89 bits per heavy atom. The van der Waals surface area contributed by atoms with Gasteiger partial charge in [-0.25, -0.2) is 14.4 Å². The number of aliphatic hydroxyl groups is 1. The third-order valence-corrected chi connectivity index (χ3v) is 3.76. The molecule has 8 heteroatoms. The molecule has 0 bridgehead atoms. The van der Waals surface area contributed by atoms with Crippen molar-refractivity contribution >= 4 is 28.8 Å². The molecule has 0 saturated carbocycles. The molecule has 1 unspecified atom stereocenters. The number of para-hydroxylation sites is 1. The highest BCUT2D eigenvalue weighted by Gasteiger charge is 2.16. The smallest absolute Gasteiger partial charge is 0.336 e. The van der Waals surface area contributed by atoms with Gasteiger partial charge in [-0.15, -0.1) is 0 Å². The molecule has 1 aromatic heterocycles. The number of aromatic nitrogens is 1. The molecule has 3 rings (SSSR count). The first-order chi connectivity index (χ1) is 12.8. The van der Waals surface area contributed by atoms with Gasteiger partial charge < -0.3 is 25.4 Å². The Balaban J connectivity index is 0.000000199. The predicted molar refractivity (Wildman–Crippen MR) is 96.0 cm³/mol. The lowest BCUT2D eigenvalue weighted by atomic mass is 10.1. The van der Waals surface area contributed by atoms with Crippen LogP contribution in [0.3, 0.4) is 0 Å². The number of aliphatic carboxylic acids is 1. The monoisotopic (exact) mass is 371 g/mol. The standard InChI is InChI=1S/C11H11NO3.C8H6O4/c13-10(11(14)15)5-7-6-12-9-4-2-1-3-8(7)9;9-7(10)5-3-1-2-4-6(5)8(11)12/h1-4,6,10,12-13H,5H2,(H,14,15);1-4H,(H,9,10)(H,11,12). The molecule has 3 aromatic rings. The molecule has 5 N–H and O–H groups in total. The molecule has 1 heterocycles. The van der Waals surface area contributed by atoms with Crippen LogP contribution in [-0.4, -0.2) is 49.4 Å². The van der Waals surface area contributed by atoms with Crippen LogP contribution in [0, 0.1) is 0 Å². The fourth-order valence-corrected chi connectivity index (χ4v) is 2.45. The largest absolute Gasteiger partial charge is 0.479 e. The minimum Gasteiger partial charge on any atom is -0.479 e. The van der Waals surface area contributed by atoms with Gasteiger partial charge in [0.15, 0.2) is 6.10 Å². The highest BCUT2D eigenvalue weighted by atomic mass is 16.4. The molecule has 8 nitrogen and oxygen atoms in total. The van der Waals surface area contributed by atoms with Gasteiger partial charge in [0.25, 0.3) is 0 Å². The number of hydrogen-bond acceptors (Lipinski definition) is 4. The molecule has 2 aromatic carbocycles. The summed E-state index contributed by atoms with van der Waals surface area (Å²) in [7, 11) is 0. The number of H-pyrrole nitrogens is 1. The summed E-state index contributed by atoms with van der Waals surface area (Å²) in [6, 6.07) is 13.1. The number of carbonyl (C=O) groups is 3. The Labute approximate surface area is 153 Å². The average molecular weight is 371 g/mol. The highest BCUT2D eigenvalue weighted by Crippen LogP contribution is 2.19. The van der Waals surface area contributed by atoms with Crippen LogP contribution in [0.1, 0.15) is 26.3 Å². The minimum absolute atomic E-state index is 0.124. The van der Waals surface area contributed by atoms with E-state index in [2.05, 4.69) is 4.98 Å². The van der Waals surface area contributed by atoms with E-state index in [0.29, 0.717) is 0 Å². The lowest BCUT2D eigenvalue weighted by molar-refractivity contribution is -0.146. The molecule has 140 valence electrons. The maximum atomic E-state index is 10.5. The summed E-state index contributed by atoms with van der Waals surface area (Å²) in [4.78, 5) is 34.5. The number of aromatic carboxylic acids is 2. The molecule has 0 amide bonds. The van der Waals surface area contributed by atoms with Crippen LogP contribution in [0.15, 0.2) is 54.7 Å². The van der Waals surface area contributed by atoms with Crippen molar-refractivity contribution in [3.8, 4) is 0 Å². The molecule has 0 aliphatic rings. The Hall–Kier alpha value is -3.65. The van der Waals surface area contributed by atoms with Gasteiger partial charge >= 0.3 is 17.9 Å². The van der Waals surface area contributed by atoms with Crippen molar-refractivity contribution in [1.82, 2.24) is 4.98 Å². The molecule has 27 heavy (non-hydrogen) atoms. The van der Waals surface area contributed by atoms with Gasteiger partial charge in [0.2, 0.25) is 0 Å². The predicted octanol–water partition coefficient (Wildman–Crippen LogP) is 2.24. The van der Waals surface area contributed by atoms with Crippen LogP contribution in [0.4, 0.5) is 0 Å². The number of nitrogens with one attached hydrogen (secondary N) is 1. The molecule has 0 radical (unpaired) electrons. The minimum atomic E-state index is -1.34. The zero-order chi connectivity index (χ0) is 20.0. The number of carboxylic acids is 3. The number of hydrogen-bond donors (Lipinski definition) is 5. The van der Waals surface area contributed by atoms with E-state index < -0.39 is 24.0 Å². The van der Waals surface area contributed by atoms with E-state index in [-0.39, 0.29) is 17.5 Å². The molecule has 0 spiro atoms. The molecule has 1 atom stereocenters. The molecular weight excluding hydrogens is 354 g/mol. The number of aromatic amines is 1. The van der Waals surface area contributed by atoms with Gasteiger partial charge in [0.1, 0.15) is 0 Å². The van der Waals surface area contributed by atoms with Gasteiger partial charge in [0, 0.05) is 23.5 Å². The van der Waals surface area contributed by atoms with E-state index in [1.807, 2.05) is 24.3 Å². The number of aliphatic hydroxyl groups excluding tert-OH is 1. The molecular formula is C19H17NO7. The van der Waals surface area contributed by atoms with Crippen LogP contribution < -0.4 is 0 Å². The van der Waals surface area contributed by atoms with Gasteiger partial charge in [-0.05, 0) is 23.8 Å². The number of rotatable bonds is 5. The van der Waals surface area contributed by atoms with Crippen molar-refractivity contribution in [2.45, 2.75) is 12.5 Å². The zero-order valence-electron chi connectivity index (χ0n) is 14.0. The van der Waals surface area contributed by atoms with E-state index in [0.717, 1.165) is 16.5 Å². The molecule has 0 fully saturated rings. The van der Waals surface area contributed by atoms with Gasteiger partial charge in [-0.2, -0.15) is 0 Å². The second-order valence-corrected chi connectivity index (χ2v) is 5.57. The topological polar surface area (TPSA) is 148 Å². The van der Waals surface area contributed by atoms with E-state index in [9.17, 15) is 19.5 Å². The fourth-order valence-electron chi connectivity index (χ4n) is 2.45. The van der Waals surface area contributed by atoms with Crippen LogP contribution in [-0.2, 0) is 11.2 Å². The van der Waals surface area contributed by atoms with Crippen LogP contribution in [0.25, 0.3) is 10.9 Å². The van der Waals surface area contributed by atoms with Crippen molar-refractivity contribution in [3.05, 3.63) is 71.4 Å². The van der Waals surface area contributed by atoms with Gasteiger partial charge in [-0.3, -0.25) is 0 Å². The first-order valence-electron chi connectivity index (χ1n) is 7.82. The quantitative estimate of drug-likeness (QED) is 0.462.